The number of nitrogens with one attached hydrogen (secondary N) is 1. The minimum absolute atomic E-state index is 0. The lowest BCUT2D eigenvalue weighted by atomic mass is 10.0. The molecule has 0 amide bonds. The van der Waals surface area contributed by atoms with Crippen molar-refractivity contribution in [3.8, 4) is 5.75 Å². The quantitative estimate of drug-likeness (QED) is 0.415. The Kier molecular flexibility index (Phi) is 8.29. The number of ether oxygens (including phenoxy) is 1. The number of methoxy groups -OCH3 is 1. The van der Waals surface area contributed by atoms with Crippen LogP contribution < -0.4 is 15.8 Å². The highest BCUT2D eigenvalue weighted by atomic mass is 127. The van der Waals surface area contributed by atoms with Gasteiger partial charge in [-0.3, -0.25) is 9.89 Å². The maximum atomic E-state index is 6.04. The van der Waals surface area contributed by atoms with E-state index in [9.17, 15) is 0 Å². The summed E-state index contributed by atoms with van der Waals surface area (Å²) in [5.74, 6) is 1.42. The number of guanidine groups is 1. The lowest BCUT2D eigenvalue weighted by Crippen LogP contribution is -2.45. The van der Waals surface area contributed by atoms with Crippen molar-refractivity contribution < 1.29 is 4.74 Å². The van der Waals surface area contributed by atoms with E-state index in [1.807, 2.05) is 12.1 Å². The van der Waals surface area contributed by atoms with Gasteiger partial charge in [0.05, 0.1) is 19.7 Å². The normalized spacial score (nSPS) is 17.2. The summed E-state index contributed by atoms with van der Waals surface area (Å²) in [6, 6.07) is 8.40. The summed E-state index contributed by atoms with van der Waals surface area (Å²) >= 11 is 0. The molecule has 1 saturated heterocycles. The van der Waals surface area contributed by atoms with Crippen LogP contribution in [-0.4, -0.2) is 43.1 Å². The number of nitrogens with two attached hydrogens (primary N) is 1. The van der Waals surface area contributed by atoms with Crippen LogP contribution in [0.4, 0.5) is 0 Å². The molecule has 0 radical (unpaired) electrons. The molecule has 6 heteroatoms. The minimum atomic E-state index is -0.0822. The molecule has 24 heavy (non-hydrogen) atoms. The van der Waals surface area contributed by atoms with Crippen molar-refractivity contribution in [2.45, 2.75) is 45.2 Å². The molecule has 1 atom stereocenters. The van der Waals surface area contributed by atoms with Crippen molar-refractivity contribution >= 4 is 29.9 Å². The lowest BCUT2D eigenvalue weighted by Gasteiger charge is -2.28. The van der Waals surface area contributed by atoms with E-state index in [1.54, 1.807) is 7.11 Å². The van der Waals surface area contributed by atoms with Crippen LogP contribution >= 0.6 is 24.0 Å². The zero-order valence-corrected chi connectivity index (χ0v) is 17.5. The molecular formula is C18H31IN4O. The van der Waals surface area contributed by atoms with Crippen LogP contribution in [0.15, 0.2) is 29.3 Å². The van der Waals surface area contributed by atoms with Crippen LogP contribution in [0.25, 0.3) is 0 Å². The summed E-state index contributed by atoms with van der Waals surface area (Å²) in [6.07, 6.45) is 2.48. The monoisotopic (exact) mass is 446 g/mol. The van der Waals surface area contributed by atoms with Crippen LogP contribution in [-0.2, 0) is 0 Å². The highest BCUT2D eigenvalue weighted by Crippen LogP contribution is 2.31. The van der Waals surface area contributed by atoms with Gasteiger partial charge in [0.1, 0.15) is 5.75 Å². The van der Waals surface area contributed by atoms with Gasteiger partial charge in [0.15, 0.2) is 5.96 Å². The Balaban J connectivity index is 0.00000288. The largest absolute Gasteiger partial charge is 0.496 e. The first-order chi connectivity index (χ1) is 10.9. The van der Waals surface area contributed by atoms with E-state index in [-0.39, 0.29) is 35.6 Å². The van der Waals surface area contributed by atoms with Gasteiger partial charge in [0.25, 0.3) is 0 Å². The molecular weight excluding hydrogens is 415 g/mol. The summed E-state index contributed by atoms with van der Waals surface area (Å²) in [7, 11) is 1.72. The predicted molar refractivity (Wildman–Crippen MR) is 111 cm³/mol. The van der Waals surface area contributed by atoms with Crippen molar-refractivity contribution in [1.82, 2.24) is 10.2 Å². The molecule has 1 aromatic rings. The van der Waals surface area contributed by atoms with Gasteiger partial charge in [-0.25, -0.2) is 0 Å². The molecule has 0 bridgehead atoms. The smallest absolute Gasteiger partial charge is 0.189 e. The summed E-state index contributed by atoms with van der Waals surface area (Å²) in [5, 5.41) is 3.22. The van der Waals surface area contributed by atoms with Crippen molar-refractivity contribution in [3.05, 3.63) is 29.8 Å². The highest BCUT2D eigenvalue weighted by molar-refractivity contribution is 14.0. The Morgan fingerprint density at radius 1 is 1.29 bits per heavy atom. The van der Waals surface area contributed by atoms with Crippen LogP contribution in [0, 0.1) is 0 Å². The summed E-state index contributed by atoms with van der Waals surface area (Å²) in [6.45, 7) is 9.07. The van der Waals surface area contributed by atoms with Crippen LogP contribution in [0.2, 0.25) is 0 Å². The summed E-state index contributed by atoms with van der Waals surface area (Å²) in [4.78, 5) is 7.07. The maximum absolute atomic E-state index is 6.04. The third kappa shape index (κ3) is 6.12. The molecule has 1 aliphatic heterocycles. The number of halogens is 1. The zero-order chi connectivity index (χ0) is 16.9. The number of likely N-dealkylation sites (tertiary alicyclic amines) is 1. The number of rotatable bonds is 5. The fourth-order valence-corrected chi connectivity index (χ4v) is 3.01. The first-order valence-corrected chi connectivity index (χ1v) is 8.36. The molecule has 3 N–H and O–H groups in total. The number of aliphatic imine (C=N–C) groups is 1. The van der Waals surface area contributed by atoms with Gasteiger partial charge >= 0.3 is 0 Å². The second-order valence-electron chi connectivity index (χ2n) is 7.10. The number of para-hydroxylation sites is 1. The molecule has 136 valence electrons. The molecule has 0 aromatic heterocycles. The number of benzene rings is 1. The summed E-state index contributed by atoms with van der Waals surface area (Å²) < 4.78 is 5.55. The van der Waals surface area contributed by atoms with E-state index in [0.717, 1.165) is 18.8 Å². The van der Waals surface area contributed by atoms with E-state index in [0.29, 0.717) is 12.5 Å². The van der Waals surface area contributed by atoms with Crippen molar-refractivity contribution in [2.24, 2.45) is 10.7 Å². The number of hydrogen-bond acceptors (Lipinski definition) is 3. The van der Waals surface area contributed by atoms with Gasteiger partial charge < -0.3 is 15.8 Å². The molecule has 1 unspecified atom stereocenters. The van der Waals surface area contributed by atoms with E-state index >= 15 is 0 Å². The average molecular weight is 446 g/mol. The fraction of sp³-hybridized carbons (Fsp3) is 0.611. The highest BCUT2D eigenvalue weighted by Gasteiger charge is 2.25. The van der Waals surface area contributed by atoms with Crippen molar-refractivity contribution in [1.29, 1.82) is 0 Å². The lowest BCUT2D eigenvalue weighted by molar-refractivity contribution is 0.245. The molecule has 1 fully saturated rings. The van der Waals surface area contributed by atoms with Crippen LogP contribution in [0.5, 0.6) is 5.75 Å². The SMILES string of the molecule is COc1ccccc1C(CN=C(N)NC(C)(C)C)N1CCCC1.I. The molecule has 1 aromatic carbocycles. The molecule has 2 rings (SSSR count). The molecule has 1 heterocycles. The standard InChI is InChI=1S/C18H30N4O.HI/c1-18(2,3)21-17(19)20-13-15(22-11-7-8-12-22)14-9-5-6-10-16(14)23-4;/h5-6,9-10,15H,7-8,11-13H2,1-4H3,(H3,19,20,21);1H. The molecule has 1 aliphatic rings. The van der Waals surface area contributed by atoms with E-state index in [1.165, 1.54) is 18.4 Å². The Labute approximate surface area is 163 Å². The van der Waals surface area contributed by atoms with Gasteiger partial charge in [-0.15, -0.1) is 24.0 Å². The van der Waals surface area contributed by atoms with Gasteiger partial charge in [-0.05, 0) is 52.8 Å². The van der Waals surface area contributed by atoms with Crippen LogP contribution in [0.1, 0.15) is 45.2 Å². The van der Waals surface area contributed by atoms with E-state index in [2.05, 4.69) is 48.1 Å². The summed E-state index contributed by atoms with van der Waals surface area (Å²) in [5.41, 5.74) is 7.15. The molecule has 0 spiro atoms. The predicted octanol–water partition coefficient (Wildman–Crippen LogP) is 3.15. The second-order valence-corrected chi connectivity index (χ2v) is 7.10. The van der Waals surface area contributed by atoms with Crippen molar-refractivity contribution in [2.75, 3.05) is 26.7 Å². The molecule has 0 saturated carbocycles. The first kappa shape index (κ1) is 21.0. The van der Waals surface area contributed by atoms with Crippen molar-refractivity contribution in [3.63, 3.8) is 0 Å². The van der Waals surface area contributed by atoms with Gasteiger partial charge in [0, 0.05) is 11.1 Å². The topological polar surface area (TPSA) is 62.9 Å². The van der Waals surface area contributed by atoms with Crippen LogP contribution in [0.3, 0.4) is 0 Å². The van der Waals surface area contributed by atoms with Gasteiger partial charge in [-0.1, -0.05) is 18.2 Å². The molecule has 5 nitrogen and oxygen atoms in total. The fourth-order valence-electron chi connectivity index (χ4n) is 3.01. The third-order valence-electron chi connectivity index (χ3n) is 4.02. The molecule has 0 aliphatic carbocycles. The van der Waals surface area contributed by atoms with E-state index < -0.39 is 0 Å². The van der Waals surface area contributed by atoms with E-state index in [4.69, 9.17) is 10.5 Å². The second kappa shape index (κ2) is 9.46. The Bertz CT molecular complexity index is 536. The minimum Gasteiger partial charge on any atom is -0.496 e. The van der Waals surface area contributed by atoms with Gasteiger partial charge in [0.2, 0.25) is 0 Å². The Morgan fingerprint density at radius 2 is 1.92 bits per heavy atom. The average Bonchev–Trinajstić information content (AvgIpc) is 3.00. The Hall–Kier alpha value is -1.02. The third-order valence-corrected chi connectivity index (χ3v) is 4.02. The Morgan fingerprint density at radius 3 is 2.50 bits per heavy atom. The van der Waals surface area contributed by atoms with Gasteiger partial charge in [-0.2, -0.15) is 0 Å². The maximum Gasteiger partial charge on any atom is 0.189 e. The zero-order valence-electron chi connectivity index (χ0n) is 15.2. The number of hydrogen-bond donors (Lipinski definition) is 2. The number of nitrogens with zero attached hydrogens (tertiary/aromatic N) is 2. The first-order valence-electron chi connectivity index (χ1n) is 8.36.